The van der Waals surface area contributed by atoms with E-state index in [-0.39, 0.29) is 5.84 Å². The summed E-state index contributed by atoms with van der Waals surface area (Å²) in [5.41, 5.74) is 7.53. The number of hydrogen-bond acceptors (Lipinski definition) is 4. The summed E-state index contributed by atoms with van der Waals surface area (Å²) in [6, 6.07) is 7.73. The first kappa shape index (κ1) is 14.8. The van der Waals surface area contributed by atoms with Crippen LogP contribution in [0.3, 0.4) is 0 Å². The summed E-state index contributed by atoms with van der Waals surface area (Å²) < 4.78 is 0. The third-order valence-corrected chi connectivity index (χ3v) is 3.74. The number of likely N-dealkylation sites (tertiary alicyclic amines) is 1. The van der Waals surface area contributed by atoms with E-state index in [4.69, 9.17) is 10.9 Å². The second-order valence-electron chi connectivity index (χ2n) is 5.22. The molecule has 110 valence electrons. The van der Waals surface area contributed by atoms with Crippen LogP contribution in [0.5, 0.6) is 0 Å². The van der Waals surface area contributed by atoms with E-state index in [0.29, 0.717) is 0 Å². The molecule has 0 bridgehead atoms. The lowest BCUT2D eigenvalue weighted by Gasteiger charge is -2.14. The van der Waals surface area contributed by atoms with Crippen LogP contribution in [0, 0.1) is 0 Å². The van der Waals surface area contributed by atoms with Crippen molar-refractivity contribution in [1.82, 2.24) is 10.2 Å². The quantitative estimate of drug-likeness (QED) is 0.231. The normalized spacial score (nSPS) is 16.7. The van der Waals surface area contributed by atoms with Gasteiger partial charge in [0.15, 0.2) is 5.84 Å². The molecule has 0 saturated carbocycles. The van der Waals surface area contributed by atoms with Gasteiger partial charge in [-0.2, -0.15) is 0 Å². The Balaban J connectivity index is 1.73. The molecular formula is C15H24N4O. The molecular weight excluding hydrogens is 252 g/mol. The Bertz CT molecular complexity index is 441. The Morgan fingerprint density at radius 1 is 1.30 bits per heavy atom. The predicted molar refractivity (Wildman–Crippen MR) is 81.0 cm³/mol. The van der Waals surface area contributed by atoms with E-state index in [9.17, 15) is 0 Å². The Hall–Kier alpha value is -1.59. The number of benzene rings is 1. The number of hydrogen-bond donors (Lipinski definition) is 3. The second kappa shape index (κ2) is 7.87. The Morgan fingerprint density at radius 2 is 2.05 bits per heavy atom. The zero-order valence-electron chi connectivity index (χ0n) is 11.9. The zero-order chi connectivity index (χ0) is 14.2. The van der Waals surface area contributed by atoms with Crippen LogP contribution < -0.4 is 11.1 Å². The fourth-order valence-corrected chi connectivity index (χ4v) is 2.64. The van der Waals surface area contributed by atoms with E-state index in [1.807, 2.05) is 24.3 Å². The lowest BCUT2D eigenvalue weighted by molar-refractivity contribution is 0.318. The molecule has 5 heteroatoms. The number of nitrogens with one attached hydrogen (secondary N) is 1. The largest absolute Gasteiger partial charge is 0.409 e. The minimum Gasteiger partial charge on any atom is -0.409 e. The topological polar surface area (TPSA) is 73.9 Å². The van der Waals surface area contributed by atoms with Crippen LogP contribution >= 0.6 is 0 Å². The van der Waals surface area contributed by atoms with Gasteiger partial charge in [-0.3, -0.25) is 0 Å². The van der Waals surface area contributed by atoms with Crippen molar-refractivity contribution >= 4 is 5.84 Å². The molecule has 1 aromatic rings. The molecule has 0 spiro atoms. The minimum atomic E-state index is 0.166. The van der Waals surface area contributed by atoms with Crippen LogP contribution in [0.2, 0.25) is 0 Å². The van der Waals surface area contributed by atoms with E-state index in [2.05, 4.69) is 15.4 Å². The highest BCUT2D eigenvalue weighted by Crippen LogP contribution is 2.09. The van der Waals surface area contributed by atoms with Gasteiger partial charge in [0, 0.05) is 12.1 Å². The average Bonchev–Trinajstić information content (AvgIpc) is 3.00. The van der Waals surface area contributed by atoms with Gasteiger partial charge in [0.2, 0.25) is 0 Å². The summed E-state index contributed by atoms with van der Waals surface area (Å²) in [6.45, 7) is 5.42. The Kier molecular flexibility index (Phi) is 5.83. The van der Waals surface area contributed by atoms with Crippen molar-refractivity contribution in [2.75, 3.05) is 26.2 Å². The fourth-order valence-electron chi connectivity index (χ4n) is 2.64. The first-order chi connectivity index (χ1) is 9.81. The van der Waals surface area contributed by atoms with Gasteiger partial charge in [0.05, 0.1) is 0 Å². The van der Waals surface area contributed by atoms with Gasteiger partial charge < -0.3 is 21.2 Å². The molecule has 0 radical (unpaired) electrons. The van der Waals surface area contributed by atoms with Crippen molar-refractivity contribution in [1.29, 1.82) is 0 Å². The van der Waals surface area contributed by atoms with Gasteiger partial charge in [0.25, 0.3) is 0 Å². The van der Waals surface area contributed by atoms with Gasteiger partial charge in [-0.05, 0) is 51.0 Å². The van der Waals surface area contributed by atoms with Crippen molar-refractivity contribution in [3.8, 4) is 0 Å². The van der Waals surface area contributed by atoms with E-state index < -0.39 is 0 Å². The van der Waals surface area contributed by atoms with Crippen molar-refractivity contribution < 1.29 is 5.21 Å². The first-order valence-electron chi connectivity index (χ1n) is 7.30. The fraction of sp³-hybridized carbons (Fsp3) is 0.533. The highest BCUT2D eigenvalue weighted by atomic mass is 16.4. The van der Waals surface area contributed by atoms with E-state index in [0.717, 1.165) is 30.6 Å². The lowest BCUT2D eigenvalue weighted by Crippen LogP contribution is -2.25. The standard InChI is InChI=1S/C15H24N4O/c16-15(18-20)14-7-2-1-6-13(14)12-17-8-5-11-19-9-3-4-10-19/h1-2,6-7,17,20H,3-5,8-12H2,(H2,16,18). The minimum absolute atomic E-state index is 0.166. The van der Waals surface area contributed by atoms with Crippen LogP contribution in [0.1, 0.15) is 30.4 Å². The van der Waals surface area contributed by atoms with Crippen LogP contribution in [-0.4, -0.2) is 42.1 Å². The molecule has 5 nitrogen and oxygen atoms in total. The Morgan fingerprint density at radius 3 is 2.80 bits per heavy atom. The second-order valence-corrected chi connectivity index (χ2v) is 5.22. The van der Waals surface area contributed by atoms with Gasteiger partial charge in [-0.1, -0.05) is 29.4 Å². The van der Waals surface area contributed by atoms with Gasteiger partial charge >= 0.3 is 0 Å². The van der Waals surface area contributed by atoms with Gasteiger partial charge in [-0.25, -0.2) is 0 Å². The van der Waals surface area contributed by atoms with Crippen molar-refractivity contribution in [3.05, 3.63) is 35.4 Å². The number of nitrogens with zero attached hydrogens (tertiary/aromatic N) is 2. The molecule has 0 unspecified atom stereocenters. The average molecular weight is 276 g/mol. The van der Waals surface area contributed by atoms with E-state index in [1.165, 1.54) is 32.5 Å². The van der Waals surface area contributed by atoms with E-state index >= 15 is 0 Å². The molecule has 4 N–H and O–H groups in total. The molecule has 1 saturated heterocycles. The number of oxime groups is 1. The molecule has 1 aliphatic rings. The lowest BCUT2D eigenvalue weighted by atomic mass is 10.1. The van der Waals surface area contributed by atoms with Crippen LogP contribution in [0.15, 0.2) is 29.4 Å². The Labute approximate surface area is 120 Å². The number of rotatable bonds is 7. The molecule has 1 heterocycles. The maximum Gasteiger partial charge on any atom is 0.170 e. The first-order valence-corrected chi connectivity index (χ1v) is 7.30. The molecule has 1 aromatic carbocycles. The van der Waals surface area contributed by atoms with Crippen molar-refractivity contribution in [3.63, 3.8) is 0 Å². The van der Waals surface area contributed by atoms with E-state index in [1.54, 1.807) is 0 Å². The van der Waals surface area contributed by atoms with Crippen molar-refractivity contribution in [2.24, 2.45) is 10.9 Å². The number of nitrogens with two attached hydrogens (primary N) is 1. The highest BCUT2D eigenvalue weighted by Gasteiger charge is 2.10. The van der Waals surface area contributed by atoms with Gasteiger partial charge in [-0.15, -0.1) is 0 Å². The SMILES string of the molecule is NC(=NO)c1ccccc1CNCCCN1CCCC1. The predicted octanol–water partition coefficient (Wildman–Crippen LogP) is 1.36. The summed E-state index contributed by atoms with van der Waals surface area (Å²) in [4.78, 5) is 2.52. The molecule has 2 rings (SSSR count). The third-order valence-electron chi connectivity index (χ3n) is 3.74. The molecule has 0 amide bonds. The molecule has 1 aliphatic heterocycles. The summed E-state index contributed by atoms with van der Waals surface area (Å²) in [7, 11) is 0. The molecule has 0 aromatic heterocycles. The van der Waals surface area contributed by atoms with Crippen molar-refractivity contribution in [2.45, 2.75) is 25.8 Å². The molecule has 20 heavy (non-hydrogen) atoms. The number of amidine groups is 1. The van der Waals surface area contributed by atoms with Crippen LogP contribution in [-0.2, 0) is 6.54 Å². The molecule has 0 aliphatic carbocycles. The summed E-state index contributed by atoms with van der Waals surface area (Å²) in [5.74, 6) is 0.166. The highest BCUT2D eigenvalue weighted by molar-refractivity contribution is 5.98. The smallest absolute Gasteiger partial charge is 0.170 e. The maximum absolute atomic E-state index is 8.78. The summed E-state index contributed by atoms with van der Waals surface area (Å²) in [6.07, 6.45) is 3.85. The van der Waals surface area contributed by atoms with Crippen LogP contribution in [0.4, 0.5) is 0 Å². The summed E-state index contributed by atoms with van der Waals surface area (Å²) >= 11 is 0. The van der Waals surface area contributed by atoms with Gasteiger partial charge in [0.1, 0.15) is 0 Å². The maximum atomic E-state index is 8.78. The molecule has 1 fully saturated rings. The van der Waals surface area contributed by atoms with Crippen LogP contribution in [0.25, 0.3) is 0 Å². The summed E-state index contributed by atoms with van der Waals surface area (Å²) in [5, 5.41) is 15.3. The molecule has 0 atom stereocenters. The zero-order valence-corrected chi connectivity index (χ0v) is 11.9. The third kappa shape index (κ3) is 4.21. The monoisotopic (exact) mass is 276 g/mol.